The van der Waals surface area contributed by atoms with E-state index in [0.717, 1.165) is 61.2 Å². The molecule has 2 atom stereocenters. The topological polar surface area (TPSA) is 170 Å². The fraction of sp³-hybridized carbons (Fsp3) is 0.812. The van der Waals surface area contributed by atoms with Gasteiger partial charge in [-0.25, -0.2) is 9.59 Å². The van der Waals surface area contributed by atoms with Gasteiger partial charge in [0.25, 0.3) is 0 Å². The van der Waals surface area contributed by atoms with Gasteiger partial charge >= 0.3 is 11.9 Å². The van der Waals surface area contributed by atoms with Crippen LogP contribution in [-0.4, -0.2) is 70.5 Å². The highest BCUT2D eigenvalue weighted by Crippen LogP contribution is 2.22. The molecule has 4 amide bonds. The third-order valence-electron chi connectivity index (χ3n) is 8.37. The molecule has 11 heteroatoms. The fourth-order valence-corrected chi connectivity index (χ4v) is 5.88. The van der Waals surface area contributed by atoms with Gasteiger partial charge in [-0.05, 0) is 77.3 Å². The van der Waals surface area contributed by atoms with E-state index in [1.54, 1.807) is 0 Å². The Kier molecular flexibility index (Phi) is 17.9. The van der Waals surface area contributed by atoms with Crippen LogP contribution in [0.1, 0.15) is 141 Å². The number of esters is 2. The second kappa shape index (κ2) is 21.1. The number of amides is 4. The smallest absolute Gasteiger partial charge is 0.337 e. The van der Waals surface area contributed by atoms with Crippen LogP contribution < -0.4 is 11.5 Å². The summed E-state index contributed by atoms with van der Waals surface area (Å²) < 4.78 is 5.41. The Bertz CT molecular complexity index is 809. The second-order valence-electron chi connectivity index (χ2n) is 11.9. The van der Waals surface area contributed by atoms with Crippen molar-refractivity contribution in [1.82, 2.24) is 9.80 Å². The Morgan fingerprint density at radius 1 is 0.512 bits per heavy atom. The third kappa shape index (κ3) is 12.8. The number of rotatable bonds is 12. The first-order valence-electron chi connectivity index (χ1n) is 16.7. The van der Waals surface area contributed by atoms with Gasteiger partial charge < -0.3 is 16.2 Å². The molecular formula is C32H54N4O7. The van der Waals surface area contributed by atoms with Crippen molar-refractivity contribution in [3.8, 4) is 0 Å². The molecule has 4 N–H and O–H groups in total. The number of carbonyl (C=O) groups is 6. The number of carbonyl (C=O) groups excluding carboxylic acids is 6. The van der Waals surface area contributed by atoms with E-state index in [1.807, 2.05) is 0 Å². The molecule has 0 aromatic heterocycles. The quantitative estimate of drug-likeness (QED) is 0.144. The van der Waals surface area contributed by atoms with E-state index in [-0.39, 0.29) is 38.5 Å². The van der Waals surface area contributed by atoms with Crippen molar-refractivity contribution in [2.45, 2.75) is 153 Å². The maximum absolute atomic E-state index is 13.7. The summed E-state index contributed by atoms with van der Waals surface area (Å²) in [5.41, 5.74) is 11.3. The molecule has 0 aromatic rings. The van der Waals surface area contributed by atoms with Crippen molar-refractivity contribution in [3.63, 3.8) is 0 Å². The normalized spacial score (nSPS) is 20.1. The van der Waals surface area contributed by atoms with Crippen LogP contribution in [-0.2, 0) is 33.5 Å². The highest BCUT2D eigenvalue weighted by Gasteiger charge is 2.40. The highest BCUT2D eigenvalue weighted by molar-refractivity contribution is 6.03. The van der Waals surface area contributed by atoms with Crippen LogP contribution >= 0.6 is 0 Å². The summed E-state index contributed by atoms with van der Waals surface area (Å²) in [6, 6.07) is -2.56. The number of unbranched alkanes of at least 4 members (excludes halogenated alkanes) is 2. The van der Waals surface area contributed by atoms with E-state index in [0.29, 0.717) is 64.5 Å². The molecule has 0 saturated carbocycles. The molecule has 0 unspecified atom stereocenters. The molecular weight excluding hydrogens is 552 g/mol. The lowest BCUT2D eigenvalue weighted by molar-refractivity contribution is -0.174. The number of hydrogen-bond donors (Lipinski definition) is 2. The molecule has 244 valence electrons. The summed E-state index contributed by atoms with van der Waals surface area (Å²) in [7, 11) is 0. The molecule has 2 heterocycles. The first-order chi connectivity index (χ1) is 20.8. The molecule has 2 aliphatic rings. The molecule has 0 radical (unpaired) electrons. The monoisotopic (exact) mass is 606 g/mol. The minimum Gasteiger partial charge on any atom is -0.390 e. The van der Waals surface area contributed by atoms with Crippen molar-refractivity contribution in [3.05, 3.63) is 0 Å². The van der Waals surface area contributed by atoms with Gasteiger partial charge in [-0.1, -0.05) is 51.4 Å². The lowest BCUT2D eigenvalue weighted by atomic mass is 10.0. The molecule has 43 heavy (non-hydrogen) atoms. The van der Waals surface area contributed by atoms with Crippen LogP contribution in [0.4, 0.5) is 0 Å². The minimum absolute atomic E-state index is 0.111. The highest BCUT2D eigenvalue weighted by atomic mass is 16.6. The van der Waals surface area contributed by atoms with Gasteiger partial charge in [-0.15, -0.1) is 0 Å². The molecule has 2 aliphatic heterocycles. The van der Waals surface area contributed by atoms with Gasteiger partial charge in [0, 0.05) is 25.7 Å². The largest absolute Gasteiger partial charge is 0.390 e. The fourth-order valence-electron chi connectivity index (χ4n) is 5.88. The molecule has 0 aliphatic carbocycles. The lowest BCUT2D eigenvalue weighted by Crippen LogP contribution is -2.53. The zero-order valence-electron chi connectivity index (χ0n) is 26.0. The van der Waals surface area contributed by atoms with Gasteiger partial charge in [0.15, 0.2) is 0 Å². The summed E-state index contributed by atoms with van der Waals surface area (Å²) in [4.78, 5) is 82.6. The first kappa shape index (κ1) is 36.5. The summed E-state index contributed by atoms with van der Waals surface area (Å²) in [5, 5.41) is 0. The van der Waals surface area contributed by atoms with Crippen LogP contribution in [0.2, 0.25) is 0 Å². The average molecular weight is 607 g/mol. The first-order valence-corrected chi connectivity index (χ1v) is 16.7. The van der Waals surface area contributed by atoms with Crippen molar-refractivity contribution >= 4 is 35.6 Å². The maximum atomic E-state index is 13.7. The van der Waals surface area contributed by atoms with E-state index in [1.165, 1.54) is 0 Å². The number of ether oxygens (including phenoxy) is 1. The number of hydrogen-bond acceptors (Lipinski definition) is 9. The van der Waals surface area contributed by atoms with E-state index >= 15 is 0 Å². The SMILES string of the molecule is NCCCC[C@@H](C(=O)OC(=O)[C@H](CCCCN)N1C(=O)CCCCCCCCC1=O)N1C(=O)CCCCCCCCC1=O. The molecule has 0 spiro atoms. The predicted molar refractivity (Wildman–Crippen MR) is 162 cm³/mol. The zero-order chi connectivity index (χ0) is 31.5. The molecule has 2 saturated heterocycles. The Morgan fingerprint density at radius 2 is 0.791 bits per heavy atom. The summed E-state index contributed by atoms with van der Waals surface area (Å²) in [6.07, 6.45) is 12.5. The van der Waals surface area contributed by atoms with Gasteiger partial charge in [0.05, 0.1) is 0 Å². The van der Waals surface area contributed by atoms with Crippen LogP contribution in [0, 0.1) is 0 Å². The zero-order valence-corrected chi connectivity index (χ0v) is 26.0. The maximum Gasteiger partial charge on any atom is 0.337 e. The van der Waals surface area contributed by atoms with Crippen LogP contribution in [0.25, 0.3) is 0 Å². The molecule has 2 rings (SSSR count). The summed E-state index contributed by atoms with van der Waals surface area (Å²) >= 11 is 0. The van der Waals surface area contributed by atoms with E-state index in [4.69, 9.17) is 16.2 Å². The molecule has 11 nitrogen and oxygen atoms in total. The van der Waals surface area contributed by atoms with Crippen LogP contribution in [0.5, 0.6) is 0 Å². The summed E-state index contributed by atoms with van der Waals surface area (Å²) in [5.74, 6) is -3.84. The molecule has 0 bridgehead atoms. The van der Waals surface area contributed by atoms with Gasteiger partial charge in [-0.3, -0.25) is 29.0 Å². The van der Waals surface area contributed by atoms with Gasteiger partial charge in [0.1, 0.15) is 12.1 Å². The standard InChI is InChI=1S/C32H54N4O7/c33-23-15-13-17-25(35-27(37)19-9-5-1-2-6-10-20-28(35)38)31(41)43-32(42)26(18-14-16-24-34)36-29(39)21-11-7-3-4-8-12-22-30(36)40/h25-26H,1-24,33-34H2/t25-,26-/m0/s1. The van der Waals surface area contributed by atoms with Crippen LogP contribution in [0.3, 0.4) is 0 Å². The Hall–Kier alpha value is -2.66. The third-order valence-corrected chi connectivity index (χ3v) is 8.37. The minimum atomic E-state index is -1.28. The van der Waals surface area contributed by atoms with Crippen molar-refractivity contribution in [2.24, 2.45) is 11.5 Å². The molecule has 2 fully saturated rings. The van der Waals surface area contributed by atoms with Crippen molar-refractivity contribution in [2.75, 3.05) is 13.1 Å². The van der Waals surface area contributed by atoms with E-state index in [9.17, 15) is 28.8 Å². The molecule has 0 aromatic carbocycles. The second-order valence-corrected chi connectivity index (χ2v) is 11.9. The van der Waals surface area contributed by atoms with Crippen LogP contribution in [0.15, 0.2) is 0 Å². The Labute approximate surface area is 256 Å². The van der Waals surface area contributed by atoms with Gasteiger partial charge in [-0.2, -0.15) is 0 Å². The Morgan fingerprint density at radius 3 is 1.07 bits per heavy atom. The average Bonchev–Trinajstić information content (AvgIpc) is 3.03. The van der Waals surface area contributed by atoms with Gasteiger partial charge in [0.2, 0.25) is 23.6 Å². The Balaban J connectivity index is 2.35. The van der Waals surface area contributed by atoms with Crippen molar-refractivity contribution < 1.29 is 33.5 Å². The summed E-state index contributed by atoms with van der Waals surface area (Å²) in [6.45, 7) is 0.732. The predicted octanol–water partition coefficient (Wildman–Crippen LogP) is 4.03. The van der Waals surface area contributed by atoms with Crippen molar-refractivity contribution in [1.29, 1.82) is 0 Å². The number of nitrogens with zero attached hydrogens (tertiary/aromatic N) is 2. The lowest BCUT2D eigenvalue weighted by Gasteiger charge is -2.31. The number of nitrogens with two attached hydrogens (primary N) is 2. The number of imide groups is 2. The van der Waals surface area contributed by atoms with E-state index < -0.39 is 47.7 Å². The van der Waals surface area contributed by atoms with E-state index in [2.05, 4.69) is 0 Å².